The van der Waals surface area contributed by atoms with Gasteiger partial charge in [-0.15, -0.1) is 0 Å². The average Bonchev–Trinajstić information content (AvgIpc) is 2.64. The SMILES string of the molecule is COc1ccc(C(=O)CNC(=O)CCC(=O)c2ccc(F)cc2)cc1. The topological polar surface area (TPSA) is 72.5 Å². The zero-order valence-corrected chi connectivity index (χ0v) is 13.8. The van der Waals surface area contributed by atoms with Crippen LogP contribution in [0.25, 0.3) is 0 Å². The van der Waals surface area contributed by atoms with E-state index in [0.29, 0.717) is 16.9 Å². The number of rotatable bonds is 8. The summed E-state index contributed by atoms with van der Waals surface area (Å²) in [4.78, 5) is 35.7. The van der Waals surface area contributed by atoms with Crippen molar-refractivity contribution in [1.82, 2.24) is 5.32 Å². The molecule has 5 nitrogen and oxygen atoms in total. The first kappa shape index (κ1) is 18.3. The highest BCUT2D eigenvalue weighted by Gasteiger charge is 2.11. The first-order valence-electron chi connectivity index (χ1n) is 7.72. The molecule has 1 amide bonds. The predicted molar refractivity (Wildman–Crippen MR) is 90.3 cm³/mol. The fourth-order valence-corrected chi connectivity index (χ4v) is 2.15. The smallest absolute Gasteiger partial charge is 0.220 e. The molecule has 6 heteroatoms. The van der Waals surface area contributed by atoms with E-state index in [1.807, 2.05) is 0 Å². The molecule has 0 aliphatic heterocycles. The fraction of sp³-hybridized carbons (Fsp3) is 0.211. The van der Waals surface area contributed by atoms with Gasteiger partial charge in [-0.05, 0) is 48.5 Å². The minimum Gasteiger partial charge on any atom is -0.497 e. The summed E-state index contributed by atoms with van der Waals surface area (Å²) < 4.78 is 17.8. The molecule has 130 valence electrons. The fourth-order valence-electron chi connectivity index (χ4n) is 2.15. The number of amides is 1. The molecule has 0 aliphatic carbocycles. The van der Waals surface area contributed by atoms with Gasteiger partial charge >= 0.3 is 0 Å². The molecule has 0 aromatic heterocycles. The van der Waals surface area contributed by atoms with Gasteiger partial charge in [0.25, 0.3) is 0 Å². The second-order valence-corrected chi connectivity index (χ2v) is 5.36. The number of ether oxygens (including phenoxy) is 1. The van der Waals surface area contributed by atoms with Crippen LogP contribution in [-0.2, 0) is 4.79 Å². The third-order valence-electron chi connectivity index (χ3n) is 3.60. The Morgan fingerprint density at radius 3 is 2.04 bits per heavy atom. The van der Waals surface area contributed by atoms with E-state index >= 15 is 0 Å². The van der Waals surface area contributed by atoms with Crippen molar-refractivity contribution in [2.24, 2.45) is 0 Å². The van der Waals surface area contributed by atoms with Crippen molar-refractivity contribution >= 4 is 17.5 Å². The van der Waals surface area contributed by atoms with Gasteiger partial charge in [0.15, 0.2) is 11.6 Å². The van der Waals surface area contributed by atoms with E-state index in [1.54, 1.807) is 24.3 Å². The number of hydrogen-bond acceptors (Lipinski definition) is 4. The minimum atomic E-state index is -0.425. The van der Waals surface area contributed by atoms with Crippen molar-refractivity contribution in [2.75, 3.05) is 13.7 Å². The second kappa shape index (κ2) is 8.73. The summed E-state index contributed by atoms with van der Waals surface area (Å²) in [7, 11) is 1.53. The third kappa shape index (κ3) is 5.53. The summed E-state index contributed by atoms with van der Waals surface area (Å²) in [6.45, 7) is -0.143. The number of carbonyl (C=O) groups excluding carboxylic acids is 3. The molecule has 25 heavy (non-hydrogen) atoms. The number of Topliss-reactive ketones (excluding diaryl/α,β-unsaturated/α-hetero) is 2. The molecule has 0 saturated heterocycles. The second-order valence-electron chi connectivity index (χ2n) is 5.36. The van der Waals surface area contributed by atoms with Gasteiger partial charge in [0.05, 0.1) is 13.7 Å². The summed E-state index contributed by atoms with van der Waals surface area (Å²) in [5, 5.41) is 2.49. The van der Waals surface area contributed by atoms with Gasteiger partial charge in [-0.3, -0.25) is 14.4 Å². The molecule has 0 bridgehead atoms. The molecule has 0 heterocycles. The Morgan fingerprint density at radius 2 is 1.44 bits per heavy atom. The molecule has 2 aromatic carbocycles. The molecular formula is C19H18FNO4. The van der Waals surface area contributed by atoms with Gasteiger partial charge in [-0.25, -0.2) is 4.39 Å². The standard InChI is InChI=1S/C19H18FNO4/c1-25-16-8-4-14(5-9-16)18(23)12-21-19(24)11-10-17(22)13-2-6-15(20)7-3-13/h2-9H,10-12H2,1H3,(H,21,24). The van der Waals surface area contributed by atoms with E-state index in [0.717, 1.165) is 0 Å². The molecule has 0 spiro atoms. The van der Waals surface area contributed by atoms with E-state index < -0.39 is 11.7 Å². The van der Waals surface area contributed by atoms with Gasteiger partial charge in [0.2, 0.25) is 5.91 Å². The summed E-state index contributed by atoms with van der Waals surface area (Å²) in [5.41, 5.74) is 0.812. The minimum absolute atomic E-state index is 0.00576. The quantitative estimate of drug-likeness (QED) is 0.748. The average molecular weight is 343 g/mol. The Morgan fingerprint density at radius 1 is 0.880 bits per heavy atom. The van der Waals surface area contributed by atoms with Crippen LogP contribution in [-0.4, -0.2) is 31.1 Å². The van der Waals surface area contributed by atoms with Crippen LogP contribution in [0.5, 0.6) is 5.75 Å². The van der Waals surface area contributed by atoms with Crippen LogP contribution in [0.2, 0.25) is 0 Å². The summed E-state index contributed by atoms with van der Waals surface area (Å²) in [6, 6.07) is 11.7. The Labute approximate surface area is 144 Å². The maximum Gasteiger partial charge on any atom is 0.220 e. The highest BCUT2D eigenvalue weighted by molar-refractivity contribution is 6.00. The number of benzene rings is 2. The first-order valence-corrected chi connectivity index (χ1v) is 7.72. The lowest BCUT2D eigenvalue weighted by Gasteiger charge is -2.06. The lowest BCUT2D eigenvalue weighted by Crippen LogP contribution is -2.29. The normalized spacial score (nSPS) is 10.2. The number of methoxy groups -OCH3 is 1. The number of hydrogen-bond donors (Lipinski definition) is 1. The number of ketones is 2. The maximum absolute atomic E-state index is 12.8. The van der Waals surface area contributed by atoms with E-state index in [9.17, 15) is 18.8 Å². The van der Waals surface area contributed by atoms with Gasteiger partial charge in [0.1, 0.15) is 11.6 Å². The van der Waals surface area contributed by atoms with Crippen molar-refractivity contribution in [3.63, 3.8) is 0 Å². The van der Waals surface area contributed by atoms with Crippen LogP contribution in [0.1, 0.15) is 33.6 Å². The van der Waals surface area contributed by atoms with Crippen LogP contribution in [0.4, 0.5) is 4.39 Å². The zero-order valence-electron chi connectivity index (χ0n) is 13.8. The van der Waals surface area contributed by atoms with Crippen molar-refractivity contribution in [1.29, 1.82) is 0 Å². The van der Waals surface area contributed by atoms with E-state index in [2.05, 4.69) is 5.32 Å². The molecule has 0 saturated carbocycles. The van der Waals surface area contributed by atoms with Crippen molar-refractivity contribution < 1.29 is 23.5 Å². The van der Waals surface area contributed by atoms with Gasteiger partial charge < -0.3 is 10.1 Å². The predicted octanol–water partition coefficient (Wildman–Crippen LogP) is 2.80. The summed E-state index contributed by atoms with van der Waals surface area (Å²) in [6.07, 6.45) is -0.0414. The monoisotopic (exact) mass is 343 g/mol. The Hall–Kier alpha value is -3.02. The molecule has 2 rings (SSSR count). The summed E-state index contributed by atoms with van der Waals surface area (Å²) >= 11 is 0. The molecular weight excluding hydrogens is 325 g/mol. The van der Waals surface area contributed by atoms with E-state index in [1.165, 1.54) is 31.4 Å². The molecule has 2 aromatic rings. The molecule has 0 aliphatic rings. The number of halogens is 1. The zero-order chi connectivity index (χ0) is 18.2. The van der Waals surface area contributed by atoms with E-state index in [-0.39, 0.29) is 31.0 Å². The van der Waals surface area contributed by atoms with Crippen molar-refractivity contribution in [3.05, 3.63) is 65.5 Å². The number of carbonyl (C=O) groups is 3. The van der Waals surface area contributed by atoms with Gasteiger partial charge in [0, 0.05) is 24.0 Å². The maximum atomic E-state index is 12.8. The number of nitrogens with one attached hydrogen (secondary N) is 1. The third-order valence-corrected chi connectivity index (χ3v) is 3.60. The van der Waals surface area contributed by atoms with Gasteiger partial charge in [-0.1, -0.05) is 0 Å². The van der Waals surface area contributed by atoms with Crippen LogP contribution < -0.4 is 10.1 Å². The van der Waals surface area contributed by atoms with Crippen LogP contribution in [0.3, 0.4) is 0 Å². The molecule has 1 N–H and O–H groups in total. The molecule has 0 fully saturated rings. The lowest BCUT2D eigenvalue weighted by atomic mass is 10.1. The Bertz CT molecular complexity index is 754. The van der Waals surface area contributed by atoms with Crippen molar-refractivity contribution in [3.8, 4) is 5.75 Å². The van der Waals surface area contributed by atoms with Crippen LogP contribution in [0, 0.1) is 5.82 Å². The first-order chi connectivity index (χ1) is 12.0. The van der Waals surface area contributed by atoms with Crippen molar-refractivity contribution in [2.45, 2.75) is 12.8 Å². The molecule has 0 radical (unpaired) electrons. The van der Waals surface area contributed by atoms with Crippen LogP contribution in [0.15, 0.2) is 48.5 Å². The largest absolute Gasteiger partial charge is 0.497 e. The Kier molecular flexibility index (Phi) is 6.39. The molecule has 0 unspecified atom stereocenters. The highest BCUT2D eigenvalue weighted by Crippen LogP contribution is 2.11. The lowest BCUT2D eigenvalue weighted by molar-refractivity contribution is -0.120. The van der Waals surface area contributed by atoms with E-state index in [4.69, 9.17) is 4.74 Å². The molecule has 0 atom stereocenters. The van der Waals surface area contributed by atoms with Gasteiger partial charge in [-0.2, -0.15) is 0 Å². The van der Waals surface area contributed by atoms with Crippen LogP contribution >= 0.6 is 0 Å². The summed E-state index contributed by atoms with van der Waals surface area (Å²) in [5.74, 6) is -0.666. The Balaban J connectivity index is 1.77. The highest BCUT2D eigenvalue weighted by atomic mass is 19.1.